The van der Waals surface area contributed by atoms with Crippen molar-refractivity contribution in [3.8, 4) is 11.4 Å². The zero-order chi connectivity index (χ0) is 12.5. The van der Waals surface area contributed by atoms with Gasteiger partial charge in [-0.3, -0.25) is 5.10 Å². The van der Waals surface area contributed by atoms with Gasteiger partial charge in [-0.15, -0.1) is 11.3 Å². The van der Waals surface area contributed by atoms with Crippen LogP contribution in [0.2, 0.25) is 0 Å². The molecule has 0 fully saturated rings. The standard InChI is InChI=1S/C13H18N4S/c1-2-5-10-15-13(17-16-10)11-8-6-3-4-7-9(8)18-12(11)14/h2-7,14H2,1H3,(H,15,16,17). The highest BCUT2D eigenvalue weighted by atomic mass is 32.1. The number of aromatic amines is 1. The quantitative estimate of drug-likeness (QED) is 0.893. The summed E-state index contributed by atoms with van der Waals surface area (Å²) in [6, 6.07) is 0. The molecule has 0 radical (unpaired) electrons. The molecule has 0 spiro atoms. The number of rotatable bonds is 3. The number of nitrogens with two attached hydrogens (primary N) is 1. The van der Waals surface area contributed by atoms with E-state index in [1.807, 2.05) is 0 Å². The van der Waals surface area contributed by atoms with Crippen LogP contribution >= 0.6 is 11.3 Å². The first-order valence-electron chi connectivity index (χ1n) is 6.61. The van der Waals surface area contributed by atoms with E-state index in [9.17, 15) is 0 Å². The number of nitrogen functional groups attached to an aromatic ring is 1. The minimum absolute atomic E-state index is 0.787. The van der Waals surface area contributed by atoms with Crippen LogP contribution in [-0.2, 0) is 19.3 Å². The Labute approximate surface area is 111 Å². The zero-order valence-corrected chi connectivity index (χ0v) is 11.4. The maximum atomic E-state index is 6.16. The van der Waals surface area contributed by atoms with Gasteiger partial charge in [-0.1, -0.05) is 6.92 Å². The van der Waals surface area contributed by atoms with Crippen LogP contribution in [-0.4, -0.2) is 15.2 Å². The van der Waals surface area contributed by atoms with E-state index >= 15 is 0 Å². The van der Waals surface area contributed by atoms with Crippen molar-refractivity contribution >= 4 is 16.3 Å². The molecule has 0 atom stereocenters. The number of hydrogen-bond acceptors (Lipinski definition) is 4. The number of thiophene rings is 1. The number of nitrogens with zero attached hydrogens (tertiary/aromatic N) is 2. The Morgan fingerprint density at radius 2 is 2.17 bits per heavy atom. The molecular weight excluding hydrogens is 244 g/mol. The van der Waals surface area contributed by atoms with E-state index in [0.717, 1.165) is 47.9 Å². The molecule has 0 bridgehead atoms. The van der Waals surface area contributed by atoms with Gasteiger partial charge in [0.15, 0.2) is 5.82 Å². The van der Waals surface area contributed by atoms with Crippen molar-refractivity contribution in [3.63, 3.8) is 0 Å². The Kier molecular flexibility index (Phi) is 3.07. The summed E-state index contributed by atoms with van der Waals surface area (Å²) in [7, 11) is 0. The molecule has 0 amide bonds. The molecule has 2 heterocycles. The van der Waals surface area contributed by atoms with Gasteiger partial charge in [0.1, 0.15) is 5.82 Å². The monoisotopic (exact) mass is 262 g/mol. The number of hydrogen-bond donors (Lipinski definition) is 2. The Morgan fingerprint density at radius 3 is 3.00 bits per heavy atom. The lowest BCUT2D eigenvalue weighted by Gasteiger charge is -2.11. The summed E-state index contributed by atoms with van der Waals surface area (Å²) in [4.78, 5) is 6.01. The summed E-state index contributed by atoms with van der Waals surface area (Å²) < 4.78 is 0. The predicted octanol–water partition coefficient (Wildman–Crippen LogP) is 2.95. The predicted molar refractivity (Wildman–Crippen MR) is 74.7 cm³/mol. The summed E-state index contributed by atoms with van der Waals surface area (Å²) >= 11 is 1.72. The molecule has 0 aliphatic heterocycles. The molecule has 5 heteroatoms. The lowest BCUT2D eigenvalue weighted by atomic mass is 9.95. The Bertz CT molecular complexity index is 555. The number of nitrogens with one attached hydrogen (secondary N) is 1. The highest BCUT2D eigenvalue weighted by molar-refractivity contribution is 7.16. The molecule has 3 rings (SSSR count). The van der Waals surface area contributed by atoms with Gasteiger partial charge in [0, 0.05) is 11.3 Å². The van der Waals surface area contributed by atoms with Gasteiger partial charge < -0.3 is 5.73 Å². The molecule has 96 valence electrons. The Balaban J connectivity index is 2.02. The van der Waals surface area contributed by atoms with E-state index in [1.165, 1.54) is 23.3 Å². The molecule has 2 aromatic rings. The van der Waals surface area contributed by atoms with Crippen molar-refractivity contribution < 1.29 is 0 Å². The lowest BCUT2D eigenvalue weighted by Crippen LogP contribution is -2.00. The second-order valence-corrected chi connectivity index (χ2v) is 5.94. The fraction of sp³-hybridized carbons (Fsp3) is 0.538. The molecule has 0 unspecified atom stereocenters. The van der Waals surface area contributed by atoms with E-state index < -0.39 is 0 Å². The minimum atomic E-state index is 0.787. The molecule has 1 aliphatic rings. The van der Waals surface area contributed by atoms with Crippen LogP contribution in [0.25, 0.3) is 11.4 Å². The topological polar surface area (TPSA) is 67.6 Å². The van der Waals surface area contributed by atoms with Crippen molar-refractivity contribution in [1.29, 1.82) is 0 Å². The highest BCUT2D eigenvalue weighted by Crippen LogP contribution is 2.41. The molecule has 0 aromatic carbocycles. The molecular formula is C13H18N4S. The third-order valence-electron chi connectivity index (χ3n) is 3.44. The smallest absolute Gasteiger partial charge is 0.184 e. The van der Waals surface area contributed by atoms with Gasteiger partial charge in [0.2, 0.25) is 0 Å². The summed E-state index contributed by atoms with van der Waals surface area (Å²) in [5.41, 5.74) is 8.65. The normalized spacial score (nSPS) is 14.7. The lowest BCUT2D eigenvalue weighted by molar-refractivity contribution is 0.697. The van der Waals surface area contributed by atoms with Crippen LogP contribution in [0.15, 0.2) is 0 Å². The summed E-state index contributed by atoms with van der Waals surface area (Å²) in [6.07, 6.45) is 6.83. The fourth-order valence-electron chi connectivity index (χ4n) is 2.59. The first-order chi connectivity index (χ1) is 8.79. The SMILES string of the molecule is CCCc1nc(-c2c(N)sc3c2CCCC3)n[nH]1. The first-order valence-corrected chi connectivity index (χ1v) is 7.43. The van der Waals surface area contributed by atoms with Crippen molar-refractivity contribution in [2.75, 3.05) is 5.73 Å². The Morgan fingerprint density at radius 1 is 1.33 bits per heavy atom. The average molecular weight is 262 g/mol. The maximum absolute atomic E-state index is 6.16. The van der Waals surface area contributed by atoms with Crippen LogP contribution < -0.4 is 5.73 Å². The van der Waals surface area contributed by atoms with Gasteiger partial charge >= 0.3 is 0 Å². The number of H-pyrrole nitrogens is 1. The van der Waals surface area contributed by atoms with E-state index in [-0.39, 0.29) is 0 Å². The van der Waals surface area contributed by atoms with Crippen LogP contribution in [0.4, 0.5) is 5.00 Å². The molecule has 2 aromatic heterocycles. The zero-order valence-electron chi connectivity index (χ0n) is 10.6. The van der Waals surface area contributed by atoms with Crippen molar-refractivity contribution in [2.45, 2.75) is 45.4 Å². The highest BCUT2D eigenvalue weighted by Gasteiger charge is 2.22. The number of anilines is 1. The van der Waals surface area contributed by atoms with Crippen molar-refractivity contribution in [3.05, 3.63) is 16.3 Å². The summed E-state index contributed by atoms with van der Waals surface area (Å²) in [6.45, 7) is 2.14. The summed E-state index contributed by atoms with van der Waals surface area (Å²) in [5.74, 6) is 1.75. The van der Waals surface area contributed by atoms with Gasteiger partial charge in [-0.2, -0.15) is 5.10 Å². The van der Waals surface area contributed by atoms with Crippen molar-refractivity contribution in [2.24, 2.45) is 0 Å². The number of aromatic nitrogens is 3. The largest absolute Gasteiger partial charge is 0.390 e. The average Bonchev–Trinajstić information content (AvgIpc) is 2.92. The first kappa shape index (κ1) is 11.7. The van der Waals surface area contributed by atoms with Crippen LogP contribution in [0.1, 0.15) is 42.5 Å². The van der Waals surface area contributed by atoms with E-state index in [0.29, 0.717) is 0 Å². The fourth-order valence-corrected chi connectivity index (χ4v) is 3.74. The van der Waals surface area contributed by atoms with E-state index in [2.05, 4.69) is 22.1 Å². The van der Waals surface area contributed by atoms with Crippen LogP contribution in [0.3, 0.4) is 0 Å². The summed E-state index contributed by atoms with van der Waals surface area (Å²) in [5, 5.41) is 8.23. The van der Waals surface area contributed by atoms with Crippen LogP contribution in [0, 0.1) is 0 Å². The van der Waals surface area contributed by atoms with Gasteiger partial charge in [-0.25, -0.2) is 4.98 Å². The third-order valence-corrected chi connectivity index (χ3v) is 4.56. The van der Waals surface area contributed by atoms with Gasteiger partial charge in [0.25, 0.3) is 0 Å². The number of fused-ring (bicyclic) bond motifs is 1. The molecule has 0 saturated heterocycles. The van der Waals surface area contributed by atoms with E-state index in [1.54, 1.807) is 11.3 Å². The van der Waals surface area contributed by atoms with Gasteiger partial charge in [-0.05, 0) is 37.7 Å². The van der Waals surface area contributed by atoms with Crippen LogP contribution in [0.5, 0.6) is 0 Å². The van der Waals surface area contributed by atoms with Gasteiger partial charge in [0.05, 0.1) is 10.6 Å². The molecule has 1 aliphatic carbocycles. The number of aryl methyl sites for hydroxylation is 2. The third kappa shape index (κ3) is 1.92. The second-order valence-electron chi connectivity index (χ2n) is 4.81. The van der Waals surface area contributed by atoms with E-state index in [4.69, 9.17) is 5.73 Å². The molecule has 18 heavy (non-hydrogen) atoms. The Hall–Kier alpha value is -1.36. The minimum Gasteiger partial charge on any atom is -0.390 e. The second kappa shape index (κ2) is 4.72. The molecule has 4 nitrogen and oxygen atoms in total. The molecule has 0 saturated carbocycles. The van der Waals surface area contributed by atoms with Crippen molar-refractivity contribution in [1.82, 2.24) is 15.2 Å². The maximum Gasteiger partial charge on any atom is 0.184 e. The molecule has 3 N–H and O–H groups in total.